The number of hydrogen-bond donors (Lipinski definition) is 3. The van der Waals surface area contributed by atoms with Gasteiger partial charge < -0.3 is 15.8 Å². The van der Waals surface area contributed by atoms with E-state index < -0.39 is 0 Å². The molecule has 1 saturated heterocycles. The van der Waals surface area contributed by atoms with Crippen molar-refractivity contribution in [1.82, 2.24) is 5.32 Å². The minimum atomic E-state index is -0.00565. The molecule has 1 aliphatic heterocycles. The second-order valence-corrected chi connectivity index (χ2v) is 4.92. The van der Waals surface area contributed by atoms with Gasteiger partial charge in [-0.15, -0.1) is 0 Å². The summed E-state index contributed by atoms with van der Waals surface area (Å²) in [7, 11) is 0. The van der Waals surface area contributed by atoms with Crippen LogP contribution in [-0.2, 0) is 4.74 Å². The quantitative estimate of drug-likeness (QED) is 0.481. The molecule has 2 unspecified atom stereocenters. The van der Waals surface area contributed by atoms with Crippen molar-refractivity contribution >= 4 is 5.90 Å². The molecule has 0 aromatic heterocycles. The van der Waals surface area contributed by atoms with Gasteiger partial charge in [-0.1, -0.05) is 20.8 Å². The summed E-state index contributed by atoms with van der Waals surface area (Å²) in [6, 6.07) is 0. The molecule has 4 nitrogen and oxygen atoms in total. The van der Waals surface area contributed by atoms with Crippen molar-refractivity contribution in [2.75, 3.05) is 19.6 Å². The van der Waals surface area contributed by atoms with Crippen LogP contribution in [-0.4, -0.2) is 31.6 Å². The molecular weight excluding hydrogens is 190 g/mol. The molecule has 0 spiro atoms. The maximum Gasteiger partial charge on any atom is 0.185 e. The second-order valence-electron chi connectivity index (χ2n) is 4.92. The minimum absolute atomic E-state index is 0.00565. The van der Waals surface area contributed by atoms with Crippen molar-refractivity contribution in [3.8, 4) is 0 Å². The van der Waals surface area contributed by atoms with Gasteiger partial charge >= 0.3 is 0 Å². The summed E-state index contributed by atoms with van der Waals surface area (Å²) < 4.78 is 5.59. The zero-order valence-electron chi connectivity index (χ0n) is 9.97. The molecule has 4 heteroatoms. The van der Waals surface area contributed by atoms with Gasteiger partial charge in [-0.2, -0.15) is 0 Å². The monoisotopic (exact) mass is 213 g/mol. The Bertz CT molecular complexity index is 224. The molecule has 1 fully saturated rings. The van der Waals surface area contributed by atoms with Crippen LogP contribution in [0.5, 0.6) is 0 Å². The number of nitrogens with two attached hydrogens (primary N) is 1. The maximum absolute atomic E-state index is 7.96. The second kappa shape index (κ2) is 4.94. The lowest BCUT2D eigenvalue weighted by molar-refractivity contribution is 0.161. The third-order valence-corrected chi connectivity index (χ3v) is 3.20. The van der Waals surface area contributed by atoms with Gasteiger partial charge in [-0.25, -0.2) is 0 Å². The van der Waals surface area contributed by atoms with Crippen LogP contribution in [0.4, 0.5) is 0 Å². The molecule has 0 amide bonds. The lowest BCUT2D eigenvalue weighted by Gasteiger charge is -2.28. The molecule has 0 aromatic rings. The Morgan fingerprint density at radius 3 is 2.73 bits per heavy atom. The van der Waals surface area contributed by atoms with Crippen molar-refractivity contribution in [1.29, 1.82) is 5.41 Å². The van der Waals surface area contributed by atoms with Gasteiger partial charge in [0, 0.05) is 19.6 Å². The minimum Gasteiger partial charge on any atom is -0.476 e. The lowest BCUT2D eigenvalue weighted by Crippen LogP contribution is -2.35. The fourth-order valence-corrected chi connectivity index (χ4v) is 1.95. The predicted octanol–water partition coefficient (Wildman–Crippen LogP) is 0.963. The highest BCUT2D eigenvalue weighted by Gasteiger charge is 2.38. The van der Waals surface area contributed by atoms with Gasteiger partial charge in [-0.05, 0) is 11.8 Å². The lowest BCUT2D eigenvalue weighted by atomic mass is 9.82. The molecule has 0 bridgehead atoms. The molecular formula is C11H23N3O. The summed E-state index contributed by atoms with van der Waals surface area (Å²) in [5, 5.41) is 11.3. The van der Waals surface area contributed by atoms with E-state index in [-0.39, 0.29) is 17.4 Å². The van der Waals surface area contributed by atoms with Crippen LogP contribution in [0.15, 0.2) is 0 Å². The fraction of sp³-hybridized carbons (Fsp3) is 0.909. The van der Waals surface area contributed by atoms with Crippen LogP contribution in [0, 0.1) is 16.7 Å². The molecule has 4 N–H and O–H groups in total. The Kier molecular flexibility index (Phi) is 4.11. The summed E-state index contributed by atoms with van der Waals surface area (Å²) in [4.78, 5) is 0. The van der Waals surface area contributed by atoms with Crippen LogP contribution in [0.25, 0.3) is 0 Å². The summed E-state index contributed by atoms with van der Waals surface area (Å²) in [6.45, 7) is 8.63. The largest absolute Gasteiger partial charge is 0.476 e. The molecule has 1 aliphatic rings. The molecule has 2 atom stereocenters. The van der Waals surface area contributed by atoms with Gasteiger partial charge in [0.05, 0.1) is 5.92 Å². The number of rotatable bonds is 4. The summed E-state index contributed by atoms with van der Waals surface area (Å²) in [6.07, 6.45) is 0.855. The zero-order chi connectivity index (χ0) is 11.5. The molecule has 1 heterocycles. The van der Waals surface area contributed by atoms with E-state index in [2.05, 4.69) is 19.2 Å². The van der Waals surface area contributed by atoms with Crippen LogP contribution in [0.1, 0.15) is 27.2 Å². The third kappa shape index (κ3) is 2.92. The maximum atomic E-state index is 7.96. The first-order valence-corrected chi connectivity index (χ1v) is 5.67. The summed E-state index contributed by atoms with van der Waals surface area (Å²) in [5.41, 5.74) is 5.68. The van der Waals surface area contributed by atoms with Crippen molar-refractivity contribution in [3.63, 3.8) is 0 Å². The van der Waals surface area contributed by atoms with Crippen molar-refractivity contribution in [2.24, 2.45) is 17.1 Å². The van der Waals surface area contributed by atoms with Gasteiger partial charge in [0.2, 0.25) is 0 Å². The van der Waals surface area contributed by atoms with Crippen LogP contribution < -0.4 is 11.1 Å². The van der Waals surface area contributed by atoms with E-state index in [0.717, 1.165) is 19.5 Å². The van der Waals surface area contributed by atoms with E-state index in [0.29, 0.717) is 12.4 Å². The zero-order valence-corrected chi connectivity index (χ0v) is 9.97. The highest BCUT2D eigenvalue weighted by Crippen LogP contribution is 2.31. The first kappa shape index (κ1) is 12.5. The van der Waals surface area contributed by atoms with Gasteiger partial charge in [0.15, 0.2) is 5.90 Å². The number of nitrogens with one attached hydrogen (secondary N) is 2. The molecule has 0 aliphatic carbocycles. The Morgan fingerprint density at radius 2 is 2.33 bits per heavy atom. The standard InChI is InChI=1S/C11H23N3O/c1-4-8(5-12)15-10(13)9-6-14-7-11(9,2)3/h8-9,13-14H,4-7,12H2,1-3H3. The molecule has 88 valence electrons. The molecule has 0 radical (unpaired) electrons. The Hall–Kier alpha value is -0.610. The van der Waals surface area contributed by atoms with Gasteiger partial charge in [-0.3, -0.25) is 5.41 Å². The SMILES string of the molecule is CCC(CN)OC(=N)C1CNCC1(C)C. The molecule has 0 aromatic carbocycles. The Labute approximate surface area is 92.1 Å². The normalized spacial score (nSPS) is 26.3. The predicted molar refractivity (Wildman–Crippen MR) is 62.1 cm³/mol. The first-order valence-electron chi connectivity index (χ1n) is 5.67. The number of hydrogen-bond acceptors (Lipinski definition) is 4. The van der Waals surface area contributed by atoms with Gasteiger partial charge in [0.1, 0.15) is 6.10 Å². The van der Waals surface area contributed by atoms with Crippen LogP contribution in [0.2, 0.25) is 0 Å². The fourth-order valence-electron chi connectivity index (χ4n) is 1.95. The smallest absolute Gasteiger partial charge is 0.185 e. The average Bonchev–Trinajstić information content (AvgIpc) is 2.54. The molecule has 1 rings (SSSR count). The Balaban J connectivity index is 2.53. The molecule has 15 heavy (non-hydrogen) atoms. The van der Waals surface area contributed by atoms with Crippen molar-refractivity contribution in [2.45, 2.75) is 33.3 Å². The van der Waals surface area contributed by atoms with E-state index >= 15 is 0 Å². The van der Waals surface area contributed by atoms with Crippen molar-refractivity contribution < 1.29 is 4.74 Å². The summed E-state index contributed by atoms with van der Waals surface area (Å²) >= 11 is 0. The Morgan fingerprint density at radius 1 is 1.67 bits per heavy atom. The first-order chi connectivity index (χ1) is 7.01. The van der Waals surface area contributed by atoms with Gasteiger partial charge in [0.25, 0.3) is 0 Å². The highest BCUT2D eigenvalue weighted by atomic mass is 16.5. The van der Waals surface area contributed by atoms with E-state index in [1.165, 1.54) is 0 Å². The van der Waals surface area contributed by atoms with E-state index in [1.54, 1.807) is 0 Å². The highest BCUT2D eigenvalue weighted by molar-refractivity contribution is 5.77. The summed E-state index contributed by atoms with van der Waals surface area (Å²) in [5.74, 6) is 0.570. The topological polar surface area (TPSA) is 71.1 Å². The molecule has 0 saturated carbocycles. The van der Waals surface area contributed by atoms with E-state index in [1.807, 2.05) is 6.92 Å². The van der Waals surface area contributed by atoms with Crippen LogP contribution in [0.3, 0.4) is 0 Å². The van der Waals surface area contributed by atoms with E-state index in [4.69, 9.17) is 15.9 Å². The van der Waals surface area contributed by atoms with Crippen molar-refractivity contribution in [3.05, 3.63) is 0 Å². The van der Waals surface area contributed by atoms with E-state index in [9.17, 15) is 0 Å². The van der Waals surface area contributed by atoms with Crippen LogP contribution >= 0.6 is 0 Å². The average molecular weight is 213 g/mol. The number of ether oxygens (including phenoxy) is 1. The third-order valence-electron chi connectivity index (χ3n) is 3.20.